The highest BCUT2D eigenvalue weighted by molar-refractivity contribution is 5.19. The van der Waals surface area contributed by atoms with Crippen LogP contribution in [0.2, 0.25) is 0 Å². The Morgan fingerprint density at radius 1 is 1.05 bits per heavy atom. The van der Waals surface area contributed by atoms with Gasteiger partial charge in [0, 0.05) is 38.8 Å². The summed E-state index contributed by atoms with van der Waals surface area (Å²) in [6, 6.07) is 10.3. The van der Waals surface area contributed by atoms with Crippen LogP contribution in [0.1, 0.15) is 38.9 Å². The lowest BCUT2D eigenvalue weighted by molar-refractivity contribution is 0.0139. The second-order valence-electron chi connectivity index (χ2n) is 6.56. The molecule has 0 spiro atoms. The zero-order valence-corrected chi connectivity index (χ0v) is 13.7. The first-order valence-electron chi connectivity index (χ1n) is 8.31. The van der Waals surface area contributed by atoms with Gasteiger partial charge >= 0.3 is 0 Å². The van der Waals surface area contributed by atoms with E-state index in [0.29, 0.717) is 0 Å². The molecule has 2 unspecified atom stereocenters. The maximum atomic E-state index is 10.7. The molecule has 21 heavy (non-hydrogen) atoms. The van der Waals surface area contributed by atoms with Crippen molar-refractivity contribution in [2.75, 3.05) is 32.7 Å². The molecule has 0 radical (unpaired) electrons. The van der Waals surface area contributed by atoms with E-state index in [1.54, 1.807) is 0 Å². The lowest BCUT2D eigenvalue weighted by Gasteiger charge is -2.41. The molecule has 1 aliphatic heterocycles. The van der Waals surface area contributed by atoms with Crippen molar-refractivity contribution in [3.8, 4) is 0 Å². The average Bonchev–Trinajstić information content (AvgIpc) is 2.50. The number of hydrogen-bond acceptors (Lipinski definition) is 3. The normalized spacial score (nSPS) is 20.6. The molecule has 1 fully saturated rings. The van der Waals surface area contributed by atoms with Gasteiger partial charge in [0.1, 0.15) is 0 Å². The summed E-state index contributed by atoms with van der Waals surface area (Å²) in [5, 5.41) is 10.7. The molecule has 3 nitrogen and oxygen atoms in total. The molecular weight excluding hydrogens is 260 g/mol. The van der Waals surface area contributed by atoms with Crippen molar-refractivity contribution in [1.29, 1.82) is 0 Å². The number of piperazine rings is 1. The summed E-state index contributed by atoms with van der Waals surface area (Å²) in [4.78, 5) is 5.01. The second-order valence-corrected chi connectivity index (χ2v) is 6.56. The van der Waals surface area contributed by atoms with Crippen LogP contribution in [0.25, 0.3) is 0 Å². The fourth-order valence-corrected chi connectivity index (χ4v) is 3.35. The highest BCUT2D eigenvalue weighted by Gasteiger charge is 2.28. The first-order valence-corrected chi connectivity index (χ1v) is 8.31. The van der Waals surface area contributed by atoms with E-state index in [4.69, 9.17) is 0 Å². The minimum Gasteiger partial charge on any atom is -0.387 e. The Kier molecular flexibility index (Phi) is 6.22. The van der Waals surface area contributed by atoms with Crippen LogP contribution in [-0.2, 0) is 0 Å². The average molecular weight is 290 g/mol. The summed E-state index contributed by atoms with van der Waals surface area (Å²) < 4.78 is 0. The maximum Gasteiger partial charge on any atom is 0.0945 e. The van der Waals surface area contributed by atoms with Crippen molar-refractivity contribution in [2.24, 2.45) is 5.92 Å². The van der Waals surface area contributed by atoms with E-state index >= 15 is 0 Å². The second kappa shape index (κ2) is 7.92. The number of rotatable bonds is 6. The van der Waals surface area contributed by atoms with Gasteiger partial charge in [0.25, 0.3) is 0 Å². The van der Waals surface area contributed by atoms with Crippen LogP contribution in [0.3, 0.4) is 0 Å². The minimum atomic E-state index is -0.382. The monoisotopic (exact) mass is 290 g/mol. The molecule has 1 aromatic rings. The lowest BCUT2D eigenvalue weighted by Crippen LogP contribution is -2.52. The topological polar surface area (TPSA) is 26.7 Å². The SMILES string of the molecule is CCC(C(O)c1ccccc1)N1CCN(CC(C)C)CC1. The number of aliphatic hydroxyl groups excluding tert-OH is 1. The van der Waals surface area contributed by atoms with Crippen molar-refractivity contribution >= 4 is 0 Å². The summed E-state index contributed by atoms with van der Waals surface area (Å²) in [6.07, 6.45) is 0.605. The highest BCUT2D eigenvalue weighted by atomic mass is 16.3. The lowest BCUT2D eigenvalue weighted by atomic mass is 9.98. The van der Waals surface area contributed by atoms with Crippen LogP contribution < -0.4 is 0 Å². The molecule has 118 valence electrons. The van der Waals surface area contributed by atoms with Crippen LogP contribution in [0.4, 0.5) is 0 Å². The molecular formula is C18H30N2O. The van der Waals surface area contributed by atoms with E-state index in [1.165, 1.54) is 6.54 Å². The van der Waals surface area contributed by atoms with E-state index in [2.05, 4.69) is 30.6 Å². The molecule has 3 heteroatoms. The third kappa shape index (κ3) is 4.53. The first-order chi connectivity index (χ1) is 10.1. The van der Waals surface area contributed by atoms with Crippen molar-refractivity contribution in [2.45, 2.75) is 39.3 Å². The summed E-state index contributed by atoms with van der Waals surface area (Å²) in [5.74, 6) is 0.730. The summed E-state index contributed by atoms with van der Waals surface area (Å²) in [6.45, 7) is 12.3. The van der Waals surface area contributed by atoms with Crippen LogP contribution in [-0.4, -0.2) is 53.7 Å². The van der Waals surface area contributed by atoms with Crippen molar-refractivity contribution in [3.05, 3.63) is 35.9 Å². The largest absolute Gasteiger partial charge is 0.387 e. The van der Waals surface area contributed by atoms with Crippen molar-refractivity contribution in [3.63, 3.8) is 0 Å². The van der Waals surface area contributed by atoms with Gasteiger partial charge in [-0.2, -0.15) is 0 Å². The van der Waals surface area contributed by atoms with E-state index in [-0.39, 0.29) is 12.1 Å². The third-order valence-electron chi connectivity index (χ3n) is 4.42. The Hall–Kier alpha value is -0.900. The maximum absolute atomic E-state index is 10.7. The molecule has 1 aromatic carbocycles. The van der Waals surface area contributed by atoms with Gasteiger partial charge < -0.3 is 10.0 Å². The van der Waals surface area contributed by atoms with Gasteiger partial charge in [0.15, 0.2) is 0 Å². The van der Waals surface area contributed by atoms with Crippen molar-refractivity contribution in [1.82, 2.24) is 9.80 Å². The molecule has 0 saturated carbocycles. The smallest absolute Gasteiger partial charge is 0.0945 e. The summed E-state index contributed by atoms with van der Waals surface area (Å²) >= 11 is 0. The first kappa shape index (κ1) is 16.5. The quantitative estimate of drug-likeness (QED) is 0.873. The Balaban J connectivity index is 1.93. The highest BCUT2D eigenvalue weighted by Crippen LogP contribution is 2.24. The van der Waals surface area contributed by atoms with Gasteiger partial charge in [-0.15, -0.1) is 0 Å². The third-order valence-corrected chi connectivity index (χ3v) is 4.42. The van der Waals surface area contributed by atoms with Crippen LogP contribution in [0.5, 0.6) is 0 Å². The van der Waals surface area contributed by atoms with Crippen molar-refractivity contribution < 1.29 is 5.11 Å². The molecule has 1 saturated heterocycles. The van der Waals surface area contributed by atoms with Gasteiger partial charge in [-0.05, 0) is 17.9 Å². The zero-order chi connectivity index (χ0) is 15.2. The molecule has 2 atom stereocenters. The molecule has 0 aliphatic carbocycles. The molecule has 0 bridgehead atoms. The summed E-state index contributed by atoms with van der Waals surface area (Å²) in [5.41, 5.74) is 1.04. The standard InChI is InChI=1S/C18H30N2O/c1-4-17(18(21)16-8-6-5-7-9-16)20-12-10-19(11-13-20)14-15(2)3/h5-9,15,17-18,21H,4,10-14H2,1-3H3. The van der Waals surface area contributed by atoms with Gasteiger partial charge in [0.05, 0.1) is 6.10 Å². The molecule has 1 heterocycles. The zero-order valence-electron chi connectivity index (χ0n) is 13.7. The predicted octanol–water partition coefficient (Wildman–Crippen LogP) is 2.77. The number of nitrogens with zero attached hydrogens (tertiary/aromatic N) is 2. The molecule has 0 amide bonds. The predicted molar refractivity (Wildman–Crippen MR) is 88.3 cm³/mol. The van der Waals surface area contributed by atoms with E-state index in [1.807, 2.05) is 30.3 Å². The van der Waals surface area contributed by atoms with Gasteiger partial charge in [-0.3, -0.25) is 4.90 Å². The van der Waals surface area contributed by atoms with E-state index in [0.717, 1.165) is 44.1 Å². The molecule has 1 N–H and O–H groups in total. The van der Waals surface area contributed by atoms with Gasteiger partial charge in [-0.25, -0.2) is 0 Å². The van der Waals surface area contributed by atoms with Gasteiger partial charge in [0.2, 0.25) is 0 Å². The van der Waals surface area contributed by atoms with Crippen LogP contribution >= 0.6 is 0 Å². The Labute approximate surface area is 129 Å². The van der Waals surface area contributed by atoms with E-state index in [9.17, 15) is 5.11 Å². The fourth-order valence-electron chi connectivity index (χ4n) is 3.35. The van der Waals surface area contributed by atoms with Crippen LogP contribution in [0, 0.1) is 5.92 Å². The minimum absolute atomic E-state index is 0.230. The van der Waals surface area contributed by atoms with Gasteiger partial charge in [-0.1, -0.05) is 51.1 Å². The molecule has 2 rings (SSSR count). The Morgan fingerprint density at radius 2 is 1.67 bits per heavy atom. The fraction of sp³-hybridized carbons (Fsp3) is 0.667. The van der Waals surface area contributed by atoms with E-state index < -0.39 is 0 Å². The molecule has 0 aromatic heterocycles. The molecule has 1 aliphatic rings. The number of benzene rings is 1. The number of hydrogen-bond donors (Lipinski definition) is 1. The Morgan fingerprint density at radius 3 is 2.19 bits per heavy atom. The van der Waals surface area contributed by atoms with Crippen LogP contribution in [0.15, 0.2) is 30.3 Å². The number of aliphatic hydroxyl groups is 1. The Bertz CT molecular complexity index is 399. The summed E-state index contributed by atoms with van der Waals surface area (Å²) in [7, 11) is 0.